The van der Waals surface area contributed by atoms with Gasteiger partial charge < -0.3 is 79.0 Å². The second-order valence-corrected chi connectivity index (χ2v) is 11.4. The Morgan fingerprint density at radius 2 is 1.76 bits per heavy atom. The number of urea groups is 1. The molecule has 2 saturated heterocycles. The summed E-state index contributed by atoms with van der Waals surface area (Å²) >= 11 is 0. The standard InChI is InChI=1S/C24H50N8O10/c25-3-4-32(39)24(38)31-14-5-13(28)16(21-12(27)2-1-11(40-21)7-30-6-10(26)8-33)19(36)22(14)42-23-20(37)17(29)18(35)15(9-34)41-23/h10-23,30,33-37,39H,1-9,25-29H2,(H,31,38)/t10?,11-,12+,13-,14+,15+,16?,17-,18+,19-,20+,21-,22-,23+/m0/s1. The van der Waals surface area contributed by atoms with Crippen molar-refractivity contribution >= 4 is 6.03 Å². The predicted molar refractivity (Wildman–Crippen MR) is 146 cm³/mol. The highest BCUT2D eigenvalue weighted by Gasteiger charge is 2.53. The van der Waals surface area contributed by atoms with Crippen LogP contribution < -0.4 is 39.3 Å². The molecule has 1 saturated carbocycles. The highest BCUT2D eigenvalue weighted by atomic mass is 16.7. The van der Waals surface area contributed by atoms with E-state index in [0.717, 1.165) is 0 Å². The number of aliphatic hydroxyl groups is 5. The monoisotopic (exact) mass is 610 g/mol. The fourth-order valence-electron chi connectivity index (χ4n) is 5.84. The summed E-state index contributed by atoms with van der Waals surface area (Å²) < 4.78 is 17.9. The Hall–Kier alpha value is -1.33. The molecule has 18 heteroatoms. The zero-order valence-electron chi connectivity index (χ0n) is 23.6. The van der Waals surface area contributed by atoms with Gasteiger partial charge in [-0.15, -0.1) is 0 Å². The topological polar surface area (TPSA) is 324 Å². The Morgan fingerprint density at radius 1 is 1.05 bits per heavy atom. The SMILES string of the molecule is NCCN(O)C(=O)N[C@@H]1C[C@H](N)C([C@H]2O[C@H](CNCC(N)CO)CC[C@H]2N)[C@H](O)[C@H]1O[C@H]1O[C@H](CO)[C@@H](O)[C@H](N)[C@H]1O. The number of aliphatic hydroxyl groups excluding tert-OH is 5. The van der Waals surface area contributed by atoms with Crippen molar-refractivity contribution in [3.05, 3.63) is 0 Å². The molecule has 2 aliphatic heterocycles. The van der Waals surface area contributed by atoms with E-state index in [2.05, 4.69) is 10.6 Å². The summed E-state index contributed by atoms with van der Waals surface area (Å²) in [6.07, 6.45) is -8.07. The molecule has 14 atom stereocenters. The van der Waals surface area contributed by atoms with Crippen LogP contribution in [0.5, 0.6) is 0 Å². The van der Waals surface area contributed by atoms with Gasteiger partial charge in [-0.3, -0.25) is 5.21 Å². The van der Waals surface area contributed by atoms with E-state index in [1.54, 1.807) is 0 Å². The second-order valence-electron chi connectivity index (χ2n) is 11.4. The van der Waals surface area contributed by atoms with Crippen molar-refractivity contribution in [2.75, 3.05) is 39.4 Å². The maximum Gasteiger partial charge on any atom is 0.341 e. The van der Waals surface area contributed by atoms with Gasteiger partial charge in [-0.25, -0.2) is 9.86 Å². The molecule has 2 heterocycles. The normalized spacial score (nSPS) is 41.7. The van der Waals surface area contributed by atoms with E-state index in [1.165, 1.54) is 0 Å². The number of nitrogens with zero attached hydrogens (tertiary/aromatic N) is 1. The van der Waals surface area contributed by atoms with Gasteiger partial charge in [0.2, 0.25) is 0 Å². The first-order chi connectivity index (χ1) is 19.9. The minimum absolute atomic E-state index is 0.0114. The molecule has 42 heavy (non-hydrogen) atoms. The van der Waals surface area contributed by atoms with Crippen molar-refractivity contribution in [1.82, 2.24) is 15.7 Å². The summed E-state index contributed by atoms with van der Waals surface area (Å²) in [5, 5.41) is 67.5. The summed E-state index contributed by atoms with van der Waals surface area (Å²) in [5.41, 5.74) is 30.1. The lowest BCUT2D eigenvalue weighted by atomic mass is 9.72. The summed E-state index contributed by atoms with van der Waals surface area (Å²) in [6.45, 7) is -0.174. The van der Waals surface area contributed by atoms with Gasteiger partial charge in [0.1, 0.15) is 24.4 Å². The Morgan fingerprint density at radius 3 is 2.40 bits per heavy atom. The van der Waals surface area contributed by atoms with Crippen LogP contribution >= 0.6 is 0 Å². The smallest absolute Gasteiger partial charge is 0.341 e. The molecule has 2 unspecified atom stereocenters. The molecule has 3 fully saturated rings. The third kappa shape index (κ3) is 8.43. The van der Waals surface area contributed by atoms with Crippen LogP contribution in [0.1, 0.15) is 19.3 Å². The van der Waals surface area contributed by atoms with Crippen LogP contribution in [0.4, 0.5) is 4.79 Å². The highest BCUT2D eigenvalue weighted by Crippen LogP contribution is 2.36. The lowest BCUT2D eigenvalue weighted by Gasteiger charge is -2.51. The third-order valence-corrected chi connectivity index (χ3v) is 8.25. The van der Waals surface area contributed by atoms with Crippen molar-refractivity contribution in [3.8, 4) is 0 Å². The first-order valence-electron chi connectivity index (χ1n) is 14.4. The van der Waals surface area contributed by atoms with Crippen LogP contribution in [0.2, 0.25) is 0 Å². The van der Waals surface area contributed by atoms with E-state index in [9.17, 15) is 30.4 Å². The third-order valence-electron chi connectivity index (χ3n) is 8.25. The number of hydrogen-bond acceptors (Lipinski definition) is 16. The predicted octanol–water partition coefficient (Wildman–Crippen LogP) is -6.64. The van der Waals surface area contributed by atoms with Gasteiger partial charge in [-0.1, -0.05) is 0 Å². The molecule has 0 aromatic rings. The highest BCUT2D eigenvalue weighted by molar-refractivity contribution is 5.73. The average molecular weight is 611 g/mol. The van der Waals surface area contributed by atoms with Gasteiger partial charge in [0.15, 0.2) is 6.29 Å². The second kappa shape index (κ2) is 16.1. The van der Waals surface area contributed by atoms with Crippen molar-refractivity contribution in [1.29, 1.82) is 0 Å². The van der Waals surface area contributed by atoms with Crippen LogP contribution in [0, 0.1) is 5.92 Å². The van der Waals surface area contributed by atoms with Crippen molar-refractivity contribution < 1.29 is 49.7 Å². The largest absolute Gasteiger partial charge is 0.395 e. The molecule has 0 aromatic carbocycles. The average Bonchev–Trinajstić information content (AvgIpc) is 2.96. The minimum atomic E-state index is -1.55. The van der Waals surface area contributed by atoms with E-state index >= 15 is 0 Å². The summed E-state index contributed by atoms with van der Waals surface area (Å²) in [4.78, 5) is 12.6. The number of hydroxylamine groups is 2. The van der Waals surface area contributed by atoms with E-state index in [4.69, 9.17) is 48.0 Å². The van der Waals surface area contributed by atoms with Crippen LogP contribution in [-0.2, 0) is 14.2 Å². The number of hydrogen-bond donors (Lipinski definition) is 13. The van der Waals surface area contributed by atoms with Gasteiger partial charge in [-0.2, -0.15) is 0 Å². The molecule has 246 valence electrons. The zero-order chi connectivity index (χ0) is 31.1. The maximum absolute atomic E-state index is 12.6. The van der Waals surface area contributed by atoms with Crippen LogP contribution in [-0.4, -0.2) is 160 Å². The maximum atomic E-state index is 12.6. The molecule has 3 rings (SSSR count). The quantitative estimate of drug-likeness (QED) is 0.0721. The van der Waals surface area contributed by atoms with Crippen molar-refractivity contribution in [2.45, 2.75) is 98.5 Å². The molecule has 0 aromatic heterocycles. The number of carbonyl (C=O) groups is 1. The van der Waals surface area contributed by atoms with Gasteiger partial charge in [0.05, 0.1) is 50.2 Å². The zero-order valence-corrected chi connectivity index (χ0v) is 23.6. The molecule has 18 N–H and O–H groups in total. The molecular formula is C24H50N8O10. The Kier molecular flexibility index (Phi) is 13.5. The molecule has 0 spiro atoms. The molecule has 0 bridgehead atoms. The van der Waals surface area contributed by atoms with Crippen LogP contribution in [0.25, 0.3) is 0 Å². The van der Waals surface area contributed by atoms with Crippen LogP contribution in [0.3, 0.4) is 0 Å². The number of nitrogens with one attached hydrogen (secondary N) is 2. The van der Waals surface area contributed by atoms with Crippen molar-refractivity contribution in [3.63, 3.8) is 0 Å². The fourth-order valence-corrected chi connectivity index (χ4v) is 5.84. The lowest BCUT2D eigenvalue weighted by molar-refractivity contribution is -0.306. The number of carbonyl (C=O) groups excluding carboxylic acids is 1. The first-order valence-corrected chi connectivity index (χ1v) is 14.4. The minimum Gasteiger partial charge on any atom is -0.395 e. The molecular weight excluding hydrogens is 560 g/mol. The van der Waals surface area contributed by atoms with Gasteiger partial charge in [0, 0.05) is 43.7 Å². The van der Waals surface area contributed by atoms with Crippen LogP contribution in [0.15, 0.2) is 0 Å². The number of rotatable bonds is 12. The van der Waals surface area contributed by atoms with Gasteiger partial charge in [-0.05, 0) is 19.3 Å². The van der Waals surface area contributed by atoms with Gasteiger partial charge >= 0.3 is 6.03 Å². The molecule has 2 amide bonds. The van der Waals surface area contributed by atoms with E-state index < -0.39 is 91.7 Å². The first kappa shape index (κ1) is 35.2. The summed E-state index contributed by atoms with van der Waals surface area (Å²) in [6, 6.07) is -4.82. The van der Waals surface area contributed by atoms with E-state index in [0.29, 0.717) is 31.0 Å². The molecule has 1 aliphatic carbocycles. The lowest BCUT2D eigenvalue weighted by Crippen LogP contribution is -2.69. The summed E-state index contributed by atoms with van der Waals surface area (Å²) in [7, 11) is 0. The van der Waals surface area contributed by atoms with Crippen molar-refractivity contribution in [2.24, 2.45) is 34.6 Å². The number of ether oxygens (including phenoxy) is 3. The van der Waals surface area contributed by atoms with Gasteiger partial charge in [0.25, 0.3) is 0 Å². The Bertz CT molecular complexity index is 836. The van der Waals surface area contributed by atoms with E-state index in [1.807, 2.05) is 0 Å². The summed E-state index contributed by atoms with van der Waals surface area (Å²) in [5.74, 6) is -0.788. The fraction of sp³-hybridized carbons (Fsp3) is 0.958. The number of amides is 2. The number of nitrogens with two attached hydrogens (primary N) is 5. The Balaban J connectivity index is 1.82. The van der Waals surface area contributed by atoms with E-state index in [-0.39, 0.29) is 32.2 Å². The molecule has 18 nitrogen and oxygen atoms in total. The Labute approximate surface area is 244 Å². The molecule has 3 aliphatic rings. The molecule has 0 radical (unpaired) electrons.